The molecule has 5 heteroatoms. The summed E-state index contributed by atoms with van der Waals surface area (Å²) in [5.41, 5.74) is -0.472. The predicted molar refractivity (Wildman–Crippen MR) is 87.1 cm³/mol. The Morgan fingerprint density at radius 3 is 2.74 bits per heavy atom. The van der Waals surface area contributed by atoms with Crippen LogP contribution in [-0.2, 0) is 16.1 Å². The summed E-state index contributed by atoms with van der Waals surface area (Å²) in [6.45, 7) is 6.67. The second-order valence-electron chi connectivity index (χ2n) is 6.78. The van der Waals surface area contributed by atoms with Gasteiger partial charge in [-0.15, -0.1) is 0 Å². The lowest BCUT2D eigenvalue weighted by Crippen LogP contribution is -2.54. The molecular formula is C18H25FN2O2. The van der Waals surface area contributed by atoms with Gasteiger partial charge in [-0.1, -0.05) is 32.0 Å². The first-order valence-corrected chi connectivity index (χ1v) is 8.17. The molecule has 4 nitrogen and oxygen atoms in total. The van der Waals surface area contributed by atoms with Gasteiger partial charge in [0.15, 0.2) is 0 Å². The van der Waals surface area contributed by atoms with Crippen LogP contribution in [0.1, 0.15) is 45.6 Å². The molecule has 1 fully saturated rings. The molecule has 0 radical (unpaired) electrons. The molecule has 1 heterocycles. The highest BCUT2D eigenvalue weighted by atomic mass is 19.1. The summed E-state index contributed by atoms with van der Waals surface area (Å²) in [4.78, 5) is 26.3. The van der Waals surface area contributed by atoms with E-state index in [0.29, 0.717) is 30.9 Å². The van der Waals surface area contributed by atoms with Crippen LogP contribution in [0.5, 0.6) is 0 Å². The van der Waals surface area contributed by atoms with Gasteiger partial charge in [0.2, 0.25) is 11.8 Å². The number of carbonyl (C=O) groups excluding carboxylic acids is 2. The van der Waals surface area contributed by atoms with Crippen molar-refractivity contribution in [2.24, 2.45) is 5.92 Å². The zero-order valence-electron chi connectivity index (χ0n) is 14.1. The Morgan fingerprint density at radius 1 is 1.39 bits per heavy atom. The zero-order valence-corrected chi connectivity index (χ0v) is 14.1. The first kappa shape index (κ1) is 17.4. The molecule has 0 saturated carbocycles. The van der Waals surface area contributed by atoms with Gasteiger partial charge in [-0.3, -0.25) is 9.59 Å². The van der Waals surface area contributed by atoms with E-state index in [1.807, 2.05) is 0 Å². The molecule has 1 atom stereocenters. The molecule has 1 aliphatic rings. The fraction of sp³-hybridized carbons (Fsp3) is 0.556. The number of likely N-dealkylation sites (tertiary alicyclic amines) is 1. The molecule has 2 amide bonds. The molecule has 0 unspecified atom stereocenters. The maximum atomic E-state index is 13.9. The second-order valence-corrected chi connectivity index (χ2v) is 6.78. The number of amides is 2. The summed E-state index contributed by atoms with van der Waals surface area (Å²) in [6, 6.07) is 6.37. The molecule has 2 rings (SSSR count). The van der Waals surface area contributed by atoms with Crippen molar-refractivity contribution < 1.29 is 14.0 Å². The number of halogens is 1. The summed E-state index contributed by atoms with van der Waals surface area (Å²) in [6.07, 6.45) is 1.68. The Labute approximate surface area is 137 Å². The number of benzene rings is 1. The van der Waals surface area contributed by atoms with Gasteiger partial charge >= 0.3 is 0 Å². The average molecular weight is 320 g/mol. The number of nitrogens with zero attached hydrogens (tertiary/aromatic N) is 1. The summed E-state index contributed by atoms with van der Waals surface area (Å²) in [5.74, 6) is -0.104. The van der Waals surface area contributed by atoms with E-state index in [-0.39, 0.29) is 24.2 Å². The standard InChI is InChI=1S/C18H25FN2O2/c1-13(2)9-11-20-17(23)18(3)10-8-16(22)21(18)12-14-6-4-5-7-15(14)19/h4-7,13H,8-12H2,1-3H3,(H,20,23)/t18-/m0/s1. The monoisotopic (exact) mass is 320 g/mol. The van der Waals surface area contributed by atoms with E-state index >= 15 is 0 Å². The minimum Gasteiger partial charge on any atom is -0.354 e. The Hall–Kier alpha value is -1.91. The van der Waals surface area contributed by atoms with Crippen LogP contribution in [0.4, 0.5) is 4.39 Å². The van der Waals surface area contributed by atoms with Crippen molar-refractivity contribution in [2.45, 2.75) is 52.1 Å². The van der Waals surface area contributed by atoms with Crippen molar-refractivity contribution in [3.05, 3.63) is 35.6 Å². The number of nitrogens with one attached hydrogen (secondary N) is 1. The van der Waals surface area contributed by atoms with Gasteiger partial charge in [0.05, 0.1) is 0 Å². The van der Waals surface area contributed by atoms with E-state index in [1.165, 1.54) is 11.0 Å². The quantitative estimate of drug-likeness (QED) is 0.876. The molecule has 0 spiro atoms. The normalized spacial score (nSPS) is 21.1. The molecule has 1 N–H and O–H groups in total. The van der Waals surface area contributed by atoms with E-state index in [9.17, 15) is 14.0 Å². The third-order valence-electron chi connectivity index (χ3n) is 4.51. The number of rotatable bonds is 6. The van der Waals surface area contributed by atoms with Crippen LogP contribution in [0.2, 0.25) is 0 Å². The van der Waals surface area contributed by atoms with Crippen molar-refractivity contribution in [2.75, 3.05) is 6.54 Å². The topological polar surface area (TPSA) is 49.4 Å². The van der Waals surface area contributed by atoms with Crippen molar-refractivity contribution in [3.8, 4) is 0 Å². The summed E-state index contributed by atoms with van der Waals surface area (Å²) in [7, 11) is 0. The van der Waals surface area contributed by atoms with E-state index < -0.39 is 5.54 Å². The van der Waals surface area contributed by atoms with Crippen LogP contribution in [0.3, 0.4) is 0 Å². The highest BCUT2D eigenvalue weighted by molar-refractivity contribution is 5.94. The first-order chi connectivity index (χ1) is 10.8. The van der Waals surface area contributed by atoms with Gasteiger partial charge in [-0.05, 0) is 31.7 Å². The van der Waals surface area contributed by atoms with Crippen LogP contribution < -0.4 is 5.32 Å². The molecule has 1 aromatic carbocycles. The molecule has 1 aromatic rings. The number of hydrogen-bond donors (Lipinski definition) is 1. The molecule has 1 saturated heterocycles. The van der Waals surface area contributed by atoms with E-state index in [4.69, 9.17) is 0 Å². The molecular weight excluding hydrogens is 295 g/mol. The summed E-state index contributed by atoms with van der Waals surface area (Å²) < 4.78 is 13.9. The Balaban J connectivity index is 2.11. The van der Waals surface area contributed by atoms with Crippen LogP contribution >= 0.6 is 0 Å². The largest absolute Gasteiger partial charge is 0.354 e. The highest BCUT2D eigenvalue weighted by Gasteiger charge is 2.47. The minimum atomic E-state index is -0.906. The molecule has 23 heavy (non-hydrogen) atoms. The second kappa shape index (κ2) is 7.11. The van der Waals surface area contributed by atoms with Crippen LogP contribution in [-0.4, -0.2) is 28.8 Å². The van der Waals surface area contributed by atoms with Crippen LogP contribution in [0, 0.1) is 11.7 Å². The van der Waals surface area contributed by atoms with Crippen molar-refractivity contribution in [1.82, 2.24) is 10.2 Å². The Bertz CT molecular complexity index is 588. The molecule has 0 bridgehead atoms. The lowest BCUT2D eigenvalue weighted by Gasteiger charge is -2.34. The van der Waals surface area contributed by atoms with Gasteiger partial charge in [0.1, 0.15) is 11.4 Å². The molecule has 1 aliphatic heterocycles. The lowest BCUT2D eigenvalue weighted by atomic mass is 9.96. The Kier molecular flexibility index (Phi) is 5.39. The van der Waals surface area contributed by atoms with Crippen molar-refractivity contribution >= 4 is 11.8 Å². The smallest absolute Gasteiger partial charge is 0.245 e. The minimum absolute atomic E-state index is 0.102. The SMILES string of the molecule is CC(C)CCNC(=O)[C@]1(C)CCC(=O)N1Cc1ccccc1F. The maximum absolute atomic E-state index is 13.9. The fourth-order valence-corrected chi connectivity index (χ4v) is 2.86. The van der Waals surface area contributed by atoms with Gasteiger partial charge in [-0.2, -0.15) is 0 Å². The molecule has 0 aliphatic carbocycles. The first-order valence-electron chi connectivity index (χ1n) is 8.17. The van der Waals surface area contributed by atoms with E-state index in [0.717, 1.165) is 6.42 Å². The third kappa shape index (κ3) is 3.89. The molecule has 0 aromatic heterocycles. The third-order valence-corrected chi connectivity index (χ3v) is 4.51. The highest BCUT2D eigenvalue weighted by Crippen LogP contribution is 2.32. The van der Waals surface area contributed by atoms with Gasteiger partial charge in [0, 0.05) is 25.1 Å². The van der Waals surface area contributed by atoms with Gasteiger partial charge in [-0.25, -0.2) is 4.39 Å². The predicted octanol–water partition coefficient (Wildman–Crippen LogP) is 2.87. The average Bonchev–Trinajstić information content (AvgIpc) is 2.78. The van der Waals surface area contributed by atoms with Crippen LogP contribution in [0.15, 0.2) is 24.3 Å². The zero-order chi connectivity index (χ0) is 17.0. The van der Waals surface area contributed by atoms with Crippen molar-refractivity contribution in [3.63, 3.8) is 0 Å². The summed E-state index contributed by atoms with van der Waals surface area (Å²) >= 11 is 0. The number of carbonyl (C=O) groups is 2. The van der Waals surface area contributed by atoms with Gasteiger partial charge in [0.25, 0.3) is 0 Å². The summed E-state index contributed by atoms with van der Waals surface area (Å²) in [5, 5.41) is 2.92. The van der Waals surface area contributed by atoms with E-state index in [2.05, 4.69) is 19.2 Å². The Morgan fingerprint density at radius 2 is 2.09 bits per heavy atom. The maximum Gasteiger partial charge on any atom is 0.245 e. The fourth-order valence-electron chi connectivity index (χ4n) is 2.86. The lowest BCUT2D eigenvalue weighted by molar-refractivity contribution is -0.141. The van der Waals surface area contributed by atoms with Gasteiger partial charge < -0.3 is 10.2 Å². The van der Waals surface area contributed by atoms with E-state index in [1.54, 1.807) is 25.1 Å². The molecule has 126 valence electrons. The number of hydrogen-bond acceptors (Lipinski definition) is 2. The van der Waals surface area contributed by atoms with Crippen molar-refractivity contribution in [1.29, 1.82) is 0 Å². The van der Waals surface area contributed by atoms with Crippen LogP contribution in [0.25, 0.3) is 0 Å².